The molecule has 1 aliphatic heterocycles. The first-order valence-corrected chi connectivity index (χ1v) is 6.75. The number of urea groups is 1. The minimum absolute atomic E-state index is 0.103. The highest BCUT2D eigenvalue weighted by Gasteiger charge is 2.23. The molecule has 104 valence electrons. The van der Waals surface area contributed by atoms with Gasteiger partial charge >= 0.3 is 6.03 Å². The Hall–Kier alpha value is -1.75. The first-order chi connectivity index (χ1) is 9.29. The van der Waals surface area contributed by atoms with Crippen LogP contribution < -0.4 is 15.5 Å². The van der Waals surface area contributed by atoms with E-state index < -0.39 is 0 Å². The molecule has 2 amide bonds. The lowest BCUT2D eigenvalue weighted by Crippen LogP contribution is -2.43. The lowest BCUT2D eigenvalue weighted by atomic mass is 10.3. The molecular formula is C14H21N3O2. The Morgan fingerprint density at radius 3 is 2.89 bits per heavy atom. The van der Waals surface area contributed by atoms with Gasteiger partial charge in [0, 0.05) is 38.0 Å². The maximum atomic E-state index is 11.6. The van der Waals surface area contributed by atoms with Crippen molar-refractivity contribution >= 4 is 11.7 Å². The molecule has 1 fully saturated rings. The average molecular weight is 263 g/mol. The molecule has 5 heteroatoms. The van der Waals surface area contributed by atoms with E-state index in [1.165, 1.54) is 5.69 Å². The maximum Gasteiger partial charge on any atom is 0.315 e. The van der Waals surface area contributed by atoms with Gasteiger partial charge in [0.15, 0.2) is 0 Å². The van der Waals surface area contributed by atoms with E-state index in [0.717, 1.165) is 19.5 Å². The average Bonchev–Trinajstić information content (AvgIpc) is 2.88. The molecule has 19 heavy (non-hydrogen) atoms. The fraction of sp³-hybridized carbons (Fsp3) is 0.500. The monoisotopic (exact) mass is 263 g/mol. The molecule has 0 bridgehead atoms. The summed E-state index contributed by atoms with van der Waals surface area (Å²) < 4.78 is 0. The van der Waals surface area contributed by atoms with Crippen molar-refractivity contribution in [3.63, 3.8) is 0 Å². The normalized spacial score (nSPS) is 18.4. The van der Waals surface area contributed by atoms with Crippen molar-refractivity contribution in [2.24, 2.45) is 0 Å². The van der Waals surface area contributed by atoms with E-state index in [2.05, 4.69) is 27.7 Å². The molecule has 0 aliphatic carbocycles. The number of hydrogen-bond acceptors (Lipinski definition) is 3. The first-order valence-electron chi connectivity index (χ1n) is 6.75. The summed E-state index contributed by atoms with van der Waals surface area (Å²) in [5.41, 5.74) is 1.20. The second-order valence-corrected chi connectivity index (χ2v) is 4.74. The van der Waals surface area contributed by atoms with Gasteiger partial charge < -0.3 is 20.6 Å². The summed E-state index contributed by atoms with van der Waals surface area (Å²) in [5, 5.41) is 14.3. The lowest BCUT2D eigenvalue weighted by Gasteiger charge is -2.19. The van der Waals surface area contributed by atoms with Gasteiger partial charge in [-0.2, -0.15) is 0 Å². The van der Waals surface area contributed by atoms with Crippen LogP contribution in [0.2, 0.25) is 0 Å². The molecule has 0 radical (unpaired) electrons. The molecule has 1 aromatic carbocycles. The summed E-state index contributed by atoms with van der Waals surface area (Å²) in [5.74, 6) is 0. The Morgan fingerprint density at radius 2 is 2.16 bits per heavy atom. The van der Waals surface area contributed by atoms with Crippen LogP contribution in [0.4, 0.5) is 10.5 Å². The standard InChI is InChI=1S/C14H21N3O2/c18-10-4-8-15-14(19)16-12-7-9-17(11-12)13-5-2-1-3-6-13/h1-3,5-6,12,18H,4,7-11H2,(H2,15,16,19). The van der Waals surface area contributed by atoms with Crippen molar-refractivity contribution in [2.45, 2.75) is 18.9 Å². The Bertz CT molecular complexity index is 397. The molecule has 5 nitrogen and oxygen atoms in total. The van der Waals surface area contributed by atoms with Crippen LogP contribution in [-0.4, -0.2) is 43.4 Å². The molecule has 1 aromatic rings. The molecule has 1 heterocycles. The number of hydrogen-bond donors (Lipinski definition) is 3. The molecule has 0 saturated carbocycles. The highest BCUT2D eigenvalue weighted by atomic mass is 16.3. The van der Waals surface area contributed by atoms with E-state index >= 15 is 0 Å². The number of nitrogens with zero attached hydrogens (tertiary/aromatic N) is 1. The van der Waals surface area contributed by atoms with Crippen molar-refractivity contribution in [1.29, 1.82) is 0 Å². The van der Waals surface area contributed by atoms with E-state index in [0.29, 0.717) is 13.0 Å². The summed E-state index contributed by atoms with van der Waals surface area (Å²) in [7, 11) is 0. The van der Waals surface area contributed by atoms with Crippen molar-refractivity contribution in [1.82, 2.24) is 10.6 Å². The van der Waals surface area contributed by atoms with Gasteiger partial charge in [0.05, 0.1) is 0 Å². The van der Waals surface area contributed by atoms with Crippen molar-refractivity contribution in [2.75, 3.05) is 31.1 Å². The maximum absolute atomic E-state index is 11.6. The van der Waals surface area contributed by atoms with Crippen LogP contribution in [0.15, 0.2) is 30.3 Å². The van der Waals surface area contributed by atoms with E-state index in [4.69, 9.17) is 5.11 Å². The van der Waals surface area contributed by atoms with Crippen molar-refractivity contribution in [3.05, 3.63) is 30.3 Å². The Morgan fingerprint density at radius 1 is 1.37 bits per heavy atom. The minimum atomic E-state index is -0.145. The number of aliphatic hydroxyl groups excluding tert-OH is 1. The number of para-hydroxylation sites is 1. The number of nitrogens with one attached hydrogen (secondary N) is 2. The number of benzene rings is 1. The Labute approximate surface area is 113 Å². The van der Waals surface area contributed by atoms with Gasteiger partial charge in [0.25, 0.3) is 0 Å². The van der Waals surface area contributed by atoms with E-state index in [-0.39, 0.29) is 18.7 Å². The predicted molar refractivity (Wildman–Crippen MR) is 75.3 cm³/mol. The van der Waals surface area contributed by atoms with Crippen LogP contribution in [0.25, 0.3) is 0 Å². The molecule has 2 rings (SSSR count). The first kappa shape index (κ1) is 13.7. The highest BCUT2D eigenvalue weighted by molar-refractivity contribution is 5.74. The van der Waals surface area contributed by atoms with Crippen LogP contribution in [0.3, 0.4) is 0 Å². The van der Waals surface area contributed by atoms with Crippen molar-refractivity contribution in [3.8, 4) is 0 Å². The number of aliphatic hydroxyl groups is 1. The third-order valence-electron chi connectivity index (χ3n) is 3.27. The summed E-state index contributed by atoms with van der Waals surface area (Å²) in [6, 6.07) is 10.3. The van der Waals surface area contributed by atoms with E-state index in [1.807, 2.05) is 18.2 Å². The summed E-state index contributed by atoms with van der Waals surface area (Å²) in [6.45, 7) is 2.42. The second-order valence-electron chi connectivity index (χ2n) is 4.74. The fourth-order valence-electron chi connectivity index (χ4n) is 2.27. The van der Waals surface area contributed by atoms with Crippen LogP contribution in [0.1, 0.15) is 12.8 Å². The van der Waals surface area contributed by atoms with Crippen LogP contribution in [-0.2, 0) is 0 Å². The number of rotatable bonds is 5. The topological polar surface area (TPSA) is 64.6 Å². The van der Waals surface area contributed by atoms with Gasteiger partial charge in [-0.25, -0.2) is 4.79 Å². The SMILES string of the molecule is O=C(NCCCO)NC1CCN(c2ccccc2)C1. The highest BCUT2D eigenvalue weighted by Crippen LogP contribution is 2.19. The zero-order chi connectivity index (χ0) is 13.5. The second kappa shape index (κ2) is 6.99. The third-order valence-corrected chi connectivity index (χ3v) is 3.27. The van der Waals surface area contributed by atoms with E-state index in [9.17, 15) is 4.79 Å². The van der Waals surface area contributed by atoms with Gasteiger partial charge in [-0.05, 0) is 25.0 Å². The minimum Gasteiger partial charge on any atom is -0.396 e. The molecular weight excluding hydrogens is 242 g/mol. The molecule has 1 aliphatic rings. The van der Waals surface area contributed by atoms with Gasteiger partial charge in [0.1, 0.15) is 0 Å². The Kier molecular flexibility index (Phi) is 5.03. The fourth-order valence-corrected chi connectivity index (χ4v) is 2.27. The molecule has 1 atom stereocenters. The quantitative estimate of drug-likeness (QED) is 0.693. The third kappa shape index (κ3) is 4.13. The van der Waals surface area contributed by atoms with Crippen molar-refractivity contribution < 1.29 is 9.90 Å². The predicted octanol–water partition coefficient (Wildman–Crippen LogP) is 0.947. The molecule has 0 aromatic heterocycles. The van der Waals surface area contributed by atoms with Crippen LogP contribution in [0, 0.1) is 0 Å². The molecule has 1 saturated heterocycles. The summed E-state index contributed by atoms with van der Waals surface area (Å²) in [6.07, 6.45) is 1.55. The molecule has 0 spiro atoms. The summed E-state index contributed by atoms with van der Waals surface area (Å²) in [4.78, 5) is 13.9. The van der Waals surface area contributed by atoms with Gasteiger partial charge in [-0.1, -0.05) is 18.2 Å². The van der Waals surface area contributed by atoms with Gasteiger partial charge in [0.2, 0.25) is 0 Å². The lowest BCUT2D eigenvalue weighted by molar-refractivity contribution is 0.235. The number of carbonyl (C=O) groups is 1. The molecule has 3 N–H and O–H groups in total. The van der Waals surface area contributed by atoms with Crippen LogP contribution in [0.5, 0.6) is 0 Å². The molecule has 1 unspecified atom stereocenters. The largest absolute Gasteiger partial charge is 0.396 e. The van der Waals surface area contributed by atoms with Gasteiger partial charge in [-0.15, -0.1) is 0 Å². The van der Waals surface area contributed by atoms with Crippen LogP contribution >= 0.6 is 0 Å². The van der Waals surface area contributed by atoms with Gasteiger partial charge in [-0.3, -0.25) is 0 Å². The number of carbonyl (C=O) groups excluding carboxylic acids is 1. The zero-order valence-electron chi connectivity index (χ0n) is 11.0. The Balaban J connectivity index is 1.74. The van der Waals surface area contributed by atoms with E-state index in [1.54, 1.807) is 0 Å². The summed E-state index contributed by atoms with van der Waals surface area (Å²) >= 11 is 0. The smallest absolute Gasteiger partial charge is 0.315 e. The number of amides is 2. The number of anilines is 1. The zero-order valence-corrected chi connectivity index (χ0v) is 11.0.